The van der Waals surface area contributed by atoms with E-state index in [1.54, 1.807) is 0 Å². The molecule has 2 heteroatoms. The summed E-state index contributed by atoms with van der Waals surface area (Å²) in [6.45, 7) is 8.49. The first-order valence-corrected chi connectivity index (χ1v) is 8.70. The van der Waals surface area contributed by atoms with Gasteiger partial charge in [-0.05, 0) is 36.7 Å². The van der Waals surface area contributed by atoms with Crippen LogP contribution in [0.25, 0.3) is 0 Å². The Balaban J connectivity index is 1.60. The molecule has 2 aliphatic rings. The number of hydrogen-bond acceptors (Lipinski definition) is 2. The molecule has 0 aromatic heterocycles. The first-order valence-electron chi connectivity index (χ1n) is 8.70. The molecule has 1 aromatic rings. The third-order valence-corrected chi connectivity index (χ3v) is 5.56. The highest BCUT2D eigenvalue weighted by atomic mass is 15.2. The van der Waals surface area contributed by atoms with Gasteiger partial charge in [0.1, 0.15) is 0 Å². The second-order valence-electron chi connectivity index (χ2n) is 7.45. The molecule has 3 rings (SSSR count). The zero-order valence-corrected chi connectivity index (χ0v) is 13.6. The van der Waals surface area contributed by atoms with Gasteiger partial charge in [-0.3, -0.25) is 4.90 Å². The minimum atomic E-state index is 0.599. The van der Waals surface area contributed by atoms with Crippen LogP contribution in [0.4, 0.5) is 0 Å². The van der Waals surface area contributed by atoms with Crippen LogP contribution in [0.3, 0.4) is 0 Å². The standard InChI is InChI=1S/C19H30N2/c1-3-18-13-20-17(12-16-8-5-4-6-9-16)14-21(18)15-19(2)10-7-11-19/h4-6,8-9,17-18,20H,3,7,10-15H2,1-2H3. The Morgan fingerprint density at radius 1 is 1.24 bits per heavy atom. The molecule has 0 radical (unpaired) electrons. The van der Waals surface area contributed by atoms with E-state index in [1.165, 1.54) is 44.3 Å². The van der Waals surface area contributed by atoms with Gasteiger partial charge in [-0.15, -0.1) is 0 Å². The Labute approximate surface area is 129 Å². The van der Waals surface area contributed by atoms with Gasteiger partial charge in [0.15, 0.2) is 0 Å². The minimum absolute atomic E-state index is 0.599. The smallest absolute Gasteiger partial charge is 0.0236 e. The lowest BCUT2D eigenvalue weighted by Gasteiger charge is -2.48. The summed E-state index contributed by atoms with van der Waals surface area (Å²) in [5, 5.41) is 3.78. The highest BCUT2D eigenvalue weighted by Crippen LogP contribution is 2.41. The molecule has 0 bridgehead atoms. The molecule has 2 atom stereocenters. The summed E-state index contributed by atoms with van der Waals surface area (Å²) in [6.07, 6.45) is 6.71. The van der Waals surface area contributed by atoms with Gasteiger partial charge in [0.05, 0.1) is 0 Å². The van der Waals surface area contributed by atoms with Crippen LogP contribution in [0, 0.1) is 5.41 Å². The molecule has 21 heavy (non-hydrogen) atoms. The maximum Gasteiger partial charge on any atom is 0.0236 e. The van der Waals surface area contributed by atoms with E-state index in [4.69, 9.17) is 0 Å². The van der Waals surface area contributed by atoms with Crippen LogP contribution >= 0.6 is 0 Å². The molecule has 2 nitrogen and oxygen atoms in total. The highest BCUT2D eigenvalue weighted by Gasteiger charge is 2.37. The van der Waals surface area contributed by atoms with Gasteiger partial charge in [-0.2, -0.15) is 0 Å². The number of piperazine rings is 1. The lowest BCUT2D eigenvalue weighted by atomic mass is 9.70. The normalized spacial score (nSPS) is 29.0. The molecule has 1 saturated carbocycles. The Morgan fingerprint density at radius 2 is 2.00 bits per heavy atom. The largest absolute Gasteiger partial charge is 0.311 e. The average Bonchev–Trinajstić information content (AvgIpc) is 2.47. The highest BCUT2D eigenvalue weighted by molar-refractivity contribution is 5.16. The van der Waals surface area contributed by atoms with Crippen molar-refractivity contribution in [3.05, 3.63) is 35.9 Å². The van der Waals surface area contributed by atoms with E-state index in [1.807, 2.05) is 0 Å². The van der Waals surface area contributed by atoms with E-state index in [9.17, 15) is 0 Å². The van der Waals surface area contributed by atoms with Crippen molar-refractivity contribution < 1.29 is 0 Å². The van der Waals surface area contributed by atoms with Crippen molar-refractivity contribution in [3.8, 4) is 0 Å². The topological polar surface area (TPSA) is 15.3 Å². The molecular weight excluding hydrogens is 256 g/mol. The number of hydrogen-bond donors (Lipinski definition) is 1. The van der Waals surface area contributed by atoms with Crippen molar-refractivity contribution in [2.45, 2.75) is 58.0 Å². The van der Waals surface area contributed by atoms with Crippen molar-refractivity contribution in [2.75, 3.05) is 19.6 Å². The van der Waals surface area contributed by atoms with Gasteiger partial charge in [0.25, 0.3) is 0 Å². The predicted octanol–water partition coefficient (Wildman–Crippen LogP) is 3.47. The second-order valence-corrected chi connectivity index (χ2v) is 7.45. The number of nitrogens with one attached hydrogen (secondary N) is 1. The predicted molar refractivity (Wildman–Crippen MR) is 89.5 cm³/mol. The van der Waals surface area contributed by atoms with Gasteiger partial charge in [0.2, 0.25) is 0 Å². The molecule has 0 spiro atoms. The minimum Gasteiger partial charge on any atom is -0.311 e. The van der Waals surface area contributed by atoms with Crippen LogP contribution in [-0.4, -0.2) is 36.6 Å². The first-order chi connectivity index (χ1) is 10.2. The zero-order valence-electron chi connectivity index (χ0n) is 13.6. The molecule has 2 unspecified atom stereocenters. The molecule has 1 aliphatic carbocycles. The maximum absolute atomic E-state index is 3.78. The molecule has 1 aliphatic heterocycles. The van der Waals surface area contributed by atoms with E-state index in [-0.39, 0.29) is 0 Å². The van der Waals surface area contributed by atoms with E-state index >= 15 is 0 Å². The summed E-state index contributed by atoms with van der Waals surface area (Å²) in [7, 11) is 0. The van der Waals surface area contributed by atoms with Gasteiger partial charge < -0.3 is 5.32 Å². The summed E-state index contributed by atoms with van der Waals surface area (Å²) in [4.78, 5) is 2.78. The third-order valence-electron chi connectivity index (χ3n) is 5.56. The monoisotopic (exact) mass is 286 g/mol. The SMILES string of the molecule is CCC1CNC(Cc2ccccc2)CN1CC1(C)CCC1. The lowest BCUT2D eigenvalue weighted by Crippen LogP contribution is -2.59. The van der Waals surface area contributed by atoms with E-state index in [0.29, 0.717) is 11.5 Å². The maximum atomic E-state index is 3.78. The van der Waals surface area contributed by atoms with Crippen LogP contribution < -0.4 is 5.32 Å². The fourth-order valence-corrected chi connectivity index (χ4v) is 3.99. The quantitative estimate of drug-likeness (QED) is 0.891. The molecule has 116 valence electrons. The van der Waals surface area contributed by atoms with Crippen molar-refractivity contribution in [3.63, 3.8) is 0 Å². The van der Waals surface area contributed by atoms with Gasteiger partial charge in [0, 0.05) is 31.7 Å². The number of nitrogens with zero attached hydrogens (tertiary/aromatic N) is 1. The number of benzene rings is 1. The summed E-state index contributed by atoms with van der Waals surface area (Å²) in [5.41, 5.74) is 2.06. The Morgan fingerprint density at radius 3 is 2.62 bits per heavy atom. The van der Waals surface area contributed by atoms with Crippen LogP contribution in [0.2, 0.25) is 0 Å². The van der Waals surface area contributed by atoms with Gasteiger partial charge in [-0.25, -0.2) is 0 Å². The van der Waals surface area contributed by atoms with E-state index in [0.717, 1.165) is 19.0 Å². The van der Waals surface area contributed by atoms with Crippen molar-refractivity contribution >= 4 is 0 Å². The fourth-order valence-electron chi connectivity index (χ4n) is 3.99. The summed E-state index contributed by atoms with van der Waals surface area (Å²) in [5.74, 6) is 0. The van der Waals surface area contributed by atoms with Gasteiger partial charge >= 0.3 is 0 Å². The molecule has 1 N–H and O–H groups in total. The zero-order chi connectivity index (χ0) is 14.7. The molecular formula is C19H30N2. The summed E-state index contributed by atoms with van der Waals surface area (Å²) < 4.78 is 0. The third kappa shape index (κ3) is 3.67. The van der Waals surface area contributed by atoms with Gasteiger partial charge in [-0.1, -0.05) is 50.6 Å². The second kappa shape index (κ2) is 6.50. The fraction of sp³-hybridized carbons (Fsp3) is 0.684. The average molecular weight is 286 g/mol. The lowest BCUT2D eigenvalue weighted by molar-refractivity contribution is 0.0347. The molecule has 1 aromatic carbocycles. The van der Waals surface area contributed by atoms with Crippen molar-refractivity contribution in [1.82, 2.24) is 10.2 Å². The van der Waals surface area contributed by atoms with Crippen LogP contribution in [0.1, 0.15) is 45.1 Å². The van der Waals surface area contributed by atoms with Crippen LogP contribution in [0.15, 0.2) is 30.3 Å². The summed E-state index contributed by atoms with van der Waals surface area (Å²) in [6, 6.07) is 12.3. The molecule has 1 heterocycles. The molecule has 0 amide bonds. The van der Waals surface area contributed by atoms with Crippen molar-refractivity contribution in [2.24, 2.45) is 5.41 Å². The van der Waals surface area contributed by atoms with E-state index < -0.39 is 0 Å². The number of rotatable bonds is 5. The van der Waals surface area contributed by atoms with E-state index in [2.05, 4.69) is 54.4 Å². The molecule has 1 saturated heterocycles. The Kier molecular flexibility index (Phi) is 4.66. The van der Waals surface area contributed by atoms with Crippen LogP contribution in [0.5, 0.6) is 0 Å². The van der Waals surface area contributed by atoms with Crippen LogP contribution in [-0.2, 0) is 6.42 Å². The first kappa shape index (κ1) is 15.1. The summed E-state index contributed by atoms with van der Waals surface area (Å²) >= 11 is 0. The van der Waals surface area contributed by atoms with Crippen molar-refractivity contribution in [1.29, 1.82) is 0 Å². The Hall–Kier alpha value is -0.860. The molecule has 2 fully saturated rings. The Bertz CT molecular complexity index is 438.